The van der Waals surface area contributed by atoms with E-state index >= 15 is 0 Å². The van der Waals surface area contributed by atoms with Crippen molar-refractivity contribution in [3.05, 3.63) is 90.1 Å². The van der Waals surface area contributed by atoms with Gasteiger partial charge in [-0.2, -0.15) is 5.10 Å². The summed E-state index contributed by atoms with van der Waals surface area (Å²) in [5.41, 5.74) is 1.34. The molecule has 4 rings (SSSR count). The van der Waals surface area contributed by atoms with Crippen LogP contribution in [0.5, 0.6) is 5.75 Å². The zero-order valence-corrected chi connectivity index (χ0v) is 19.0. The summed E-state index contributed by atoms with van der Waals surface area (Å²) >= 11 is 0. The SMILES string of the molecule is COc1ccc(NC(=O)c2cnn(-c3ccccn3)c2C)cc1NS(=O)(=O)c1ccc(F)cc1. The van der Waals surface area contributed by atoms with Crippen LogP contribution in [0.3, 0.4) is 0 Å². The minimum Gasteiger partial charge on any atom is -0.495 e. The van der Waals surface area contributed by atoms with E-state index in [2.05, 4.69) is 20.1 Å². The zero-order valence-electron chi connectivity index (χ0n) is 18.2. The highest BCUT2D eigenvalue weighted by molar-refractivity contribution is 7.92. The van der Waals surface area contributed by atoms with Crippen LogP contribution in [0.25, 0.3) is 5.82 Å². The maximum absolute atomic E-state index is 13.2. The van der Waals surface area contributed by atoms with Crippen LogP contribution in [0, 0.1) is 12.7 Å². The molecule has 0 atom stereocenters. The van der Waals surface area contributed by atoms with Gasteiger partial charge in [-0.05, 0) is 61.5 Å². The fourth-order valence-electron chi connectivity index (χ4n) is 3.22. The van der Waals surface area contributed by atoms with E-state index in [1.807, 2.05) is 6.07 Å². The normalized spacial score (nSPS) is 11.1. The van der Waals surface area contributed by atoms with Crippen molar-refractivity contribution in [3.63, 3.8) is 0 Å². The van der Waals surface area contributed by atoms with Gasteiger partial charge in [-0.1, -0.05) is 6.07 Å². The van der Waals surface area contributed by atoms with Crippen LogP contribution in [0.4, 0.5) is 15.8 Å². The Morgan fingerprint density at radius 2 is 1.85 bits per heavy atom. The number of hydrogen-bond acceptors (Lipinski definition) is 6. The van der Waals surface area contributed by atoms with Gasteiger partial charge in [-0.25, -0.2) is 22.5 Å². The number of nitrogens with zero attached hydrogens (tertiary/aromatic N) is 3. The third-order valence-corrected chi connectivity index (χ3v) is 6.33. The van der Waals surface area contributed by atoms with Gasteiger partial charge in [0.15, 0.2) is 5.82 Å². The molecule has 2 aromatic carbocycles. The zero-order chi connectivity index (χ0) is 24.3. The van der Waals surface area contributed by atoms with Crippen LogP contribution in [0.1, 0.15) is 16.1 Å². The Kier molecular flexibility index (Phi) is 6.28. The largest absolute Gasteiger partial charge is 0.495 e. The highest BCUT2D eigenvalue weighted by Gasteiger charge is 2.19. The molecule has 0 aliphatic rings. The molecule has 2 aromatic heterocycles. The van der Waals surface area contributed by atoms with Crippen molar-refractivity contribution >= 4 is 27.3 Å². The Hall–Kier alpha value is -4.25. The number of aromatic nitrogens is 3. The fraction of sp³-hybridized carbons (Fsp3) is 0.0870. The van der Waals surface area contributed by atoms with E-state index in [9.17, 15) is 17.6 Å². The van der Waals surface area contributed by atoms with Crippen LogP contribution in [0.15, 0.2) is 78.0 Å². The van der Waals surface area contributed by atoms with Gasteiger partial charge in [0.2, 0.25) is 0 Å². The first-order valence-corrected chi connectivity index (χ1v) is 11.5. The summed E-state index contributed by atoms with van der Waals surface area (Å²) < 4.78 is 47.8. The maximum atomic E-state index is 13.2. The Bertz CT molecular complexity index is 1440. The van der Waals surface area contributed by atoms with Crippen molar-refractivity contribution in [1.29, 1.82) is 0 Å². The van der Waals surface area contributed by atoms with Gasteiger partial charge in [0.05, 0.1) is 35.1 Å². The van der Waals surface area contributed by atoms with E-state index in [1.54, 1.807) is 36.0 Å². The molecule has 0 saturated heterocycles. The molecule has 1 amide bonds. The van der Waals surface area contributed by atoms with Crippen molar-refractivity contribution in [1.82, 2.24) is 14.8 Å². The molecule has 0 radical (unpaired) electrons. The quantitative estimate of drug-likeness (QED) is 0.415. The van der Waals surface area contributed by atoms with Gasteiger partial charge in [0, 0.05) is 11.9 Å². The molecule has 0 saturated carbocycles. The van der Waals surface area contributed by atoms with Gasteiger partial charge in [-0.3, -0.25) is 9.52 Å². The first kappa shape index (κ1) is 22.9. The van der Waals surface area contributed by atoms with Crippen molar-refractivity contribution in [2.24, 2.45) is 0 Å². The number of nitrogens with one attached hydrogen (secondary N) is 2. The van der Waals surface area contributed by atoms with E-state index in [0.29, 0.717) is 22.8 Å². The number of benzene rings is 2. The molecular weight excluding hydrogens is 461 g/mol. The summed E-state index contributed by atoms with van der Waals surface area (Å²) in [7, 11) is -2.64. The first-order chi connectivity index (χ1) is 16.3. The molecule has 34 heavy (non-hydrogen) atoms. The number of pyridine rings is 1. The predicted molar refractivity (Wildman–Crippen MR) is 124 cm³/mol. The van der Waals surface area contributed by atoms with Crippen molar-refractivity contribution < 1.29 is 22.3 Å². The number of ether oxygens (including phenoxy) is 1. The molecule has 0 unspecified atom stereocenters. The molecular formula is C23H20FN5O4S. The highest BCUT2D eigenvalue weighted by atomic mass is 32.2. The maximum Gasteiger partial charge on any atom is 0.262 e. The van der Waals surface area contributed by atoms with Crippen LogP contribution in [-0.2, 0) is 10.0 Å². The number of anilines is 2. The molecule has 0 fully saturated rings. The minimum atomic E-state index is -4.02. The lowest BCUT2D eigenvalue weighted by Crippen LogP contribution is -2.15. The van der Waals surface area contributed by atoms with Gasteiger partial charge in [0.1, 0.15) is 11.6 Å². The Morgan fingerprint density at radius 3 is 2.53 bits per heavy atom. The van der Waals surface area contributed by atoms with Crippen LogP contribution >= 0.6 is 0 Å². The number of carbonyl (C=O) groups is 1. The molecule has 4 aromatic rings. The molecule has 0 bridgehead atoms. The van der Waals surface area contributed by atoms with Crippen LogP contribution < -0.4 is 14.8 Å². The van der Waals surface area contributed by atoms with Gasteiger partial charge in [0.25, 0.3) is 15.9 Å². The molecule has 11 heteroatoms. The number of rotatable bonds is 7. The lowest BCUT2D eigenvalue weighted by atomic mass is 10.2. The second-order valence-corrected chi connectivity index (χ2v) is 8.85. The Labute approximate surface area is 195 Å². The Morgan fingerprint density at radius 1 is 1.09 bits per heavy atom. The van der Waals surface area contributed by atoms with Crippen LogP contribution in [-0.4, -0.2) is 36.2 Å². The number of carbonyl (C=O) groups excluding carboxylic acids is 1. The summed E-state index contributed by atoms with van der Waals surface area (Å²) in [5.74, 6) is -0.177. The predicted octanol–water partition coefficient (Wildman–Crippen LogP) is 3.78. The molecule has 174 valence electrons. The molecule has 0 aliphatic heterocycles. The van der Waals surface area contributed by atoms with E-state index in [4.69, 9.17) is 4.74 Å². The number of amides is 1. The van der Waals surface area contributed by atoms with Crippen LogP contribution in [0.2, 0.25) is 0 Å². The lowest BCUT2D eigenvalue weighted by molar-refractivity contribution is 0.102. The summed E-state index contributed by atoms with van der Waals surface area (Å²) in [5, 5.41) is 6.97. The molecule has 2 N–H and O–H groups in total. The van der Waals surface area contributed by atoms with Gasteiger partial charge >= 0.3 is 0 Å². The third-order valence-electron chi connectivity index (χ3n) is 4.95. The topological polar surface area (TPSA) is 115 Å². The van der Waals surface area contributed by atoms with E-state index in [0.717, 1.165) is 24.3 Å². The summed E-state index contributed by atoms with van der Waals surface area (Å²) in [6.45, 7) is 1.74. The number of halogens is 1. The molecule has 0 aliphatic carbocycles. The van der Waals surface area contributed by atoms with Gasteiger partial charge < -0.3 is 10.1 Å². The lowest BCUT2D eigenvalue weighted by Gasteiger charge is -2.14. The monoisotopic (exact) mass is 481 g/mol. The van der Waals surface area contributed by atoms with Crippen molar-refractivity contribution in [2.45, 2.75) is 11.8 Å². The fourth-order valence-corrected chi connectivity index (χ4v) is 4.29. The van der Waals surface area contributed by atoms with E-state index < -0.39 is 21.7 Å². The van der Waals surface area contributed by atoms with E-state index in [1.165, 1.54) is 25.4 Å². The standard InChI is InChI=1S/C23H20FN5O4S/c1-15-19(14-26-29(15)22-5-3-4-12-25-22)23(30)27-17-8-11-21(33-2)20(13-17)28-34(31,32)18-9-6-16(24)7-10-18/h3-14,28H,1-2H3,(H,27,30). The molecule has 9 nitrogen and oxygen atoms in total. The average Bonchev–Trinajstić information content (AvgIpc) is 3.21. The summed E-state index contributed by atoms with van der Waals surface area (Å²) in [6, 6.07) is 14.3. The molecule has 0 spiro atoms. The minimum absolute atomic E-state index is 0.102. The van der Waals surface area contributed by atoms with Gasteiger partial charge in [-0.15, -0.1) is 0 Å². The smallest absolute Gasteiger partial charge is 0.262 e. The van der Waals surface area contributed by atoms with Crippen molar-refractivity contribution in [2.75, 3.05) is 17.1 Å². The number of sulfonamides is 1. The second kappa shape index (κ2) is 9.32. The van der Waals surface area contributed by atoms with E-state index in [-0.39, 0.29) is 16.3 Å². The third kappa shape index (κ3) is 4.74. The summed E-state index contributed by atoms with van der Waals surface area (Å²) in [4.78, 5) is 17.0. The average molecular weight is 482 g/mol. The number of methoxy groups -OCH3 is 1. The second-order valence-electron chi connectivity index (χ2n) is 7.17. The number of hydrogen-bond donors (Lipinski definition) is 2. The van der Waals surface area contributed by atoms with Crippen molar-refractivity contribution in [3.8, 4) is 11.6 Å². The Balaban J connectivity index is 1.58. The summed E-state index contributed by atoms with van der Waals surface area (Å²) in [6.07, 6.45) is 3.06. The molecule has 2 heterocycles. The first-order valence-electron chi connectivity index (χ1n) is 10.0. The highest BCUT2D eigenvalue weighted by Crippen LogP contribution is 2.30.